The number of thioether (sulfide) groups is 1. The van der Waals surface area contributed by atoms with Crippen molar-refractivity contribution in [2.24, 2.45) is 4.99 Å². The fourth-order valence-electron chi connectivity index (χ4n) is 2.04. The number of carboxylic acid groups (broad SMARTS) is 1. The van der Waals surface area contributed by atoms with Crippen LogP contribution < -0.4 is 10.4 Å². The van der Waals surface area contributed by atoms with Crippen LogP contribution in [0.2, 0.25) is 0 Å². The number of nitrogens with one attached hydrogen (secondary N) is 1. The van der Waals surface area contributed by atoms with Gasteiger partial charge in [-0.2, -0.15) is 0 Å². The van der Waals surface area contributed by atoms with Gasteiger partial charge in [-0.3, -0.25) is 4.79 Å². The molecule has 2 aromatic carbocycles. The summed E-state index contributed by atoms with van der Waals surface area (Å²) in [6.07, 6.45) is 1.60. The summed E-state index contributed by atoms with van der Waals surface area (Å²) in [4.78, 5) is 27.6. The van der Waals surface area contributed by atoms with Crippen molar-refractivity contribution in [1.29, 1.82) is 0 Å². The van der Waals surface area contributed by atoms with E-state index in [2.05, 4.69) is 10.3 Å². The van der Waals surface area contributed by atoms with Crippen molar-refractivity contribution < 1.29 is 19.1 Å². The van der Waals surface area contributed by atoms with Crippen LogP contribution in [0.15, 0.2) is 58.4 Å². The largest absolute Gasteiger partial charge is 0.545 e. The van der Waals surface area contributed by atoms with Crippen LogP contribution in [0.3, 0.4) is 0 Å². The lowest BCUT2D eigenvalue weighted by molar-refractivity contribution is -0.254. The molecule has 120 valence electrons. The van der Waals surface area contributed by atoms with Crippen LogP contribution in [0.5, 0.6) is 0 Å². The Labute approximate surface area is 140 Å². The maximum Gasteiger partial charge on any atom is 0.264 e. The molecule has 0 aliphatic carbocycles. The van der Waals surface area contributed by atoms with Crippen molar-refractivity contribution >= 4 is 40.6 Å². The van der Waals surface area contributed by atoms with Crippen molar-refractivity contribution in [2.75, 3.05) is 0 Å². The third-order valence-corrected chi connectivity index (χ3v) is 4.07. The smallest absolute Gasteiger partial charge is 0.264 e. The number of halogens is 1. The van der Waals surface area contributed by atoms with E-state index in [1.165, 1.54) is 24.3 Å². The lowest BCUT2D eigenvalue weighted by Gasteiger charge is -2.06. The summed E-state index contributed by atoms with van der Waals surface area (Å²) in [5.74, 6) is -2.05. The summed E-state index contributed by atoms with van der Waals surface area (Å²) in [7, 11) is 0. The van der Waals surface area contributed by atoms with Gasteiger partial charge in [-0.1, -0.05) is 30.3 Å². The first kappa shape index (κ1) is 15.9. The maximum atomic E-state index is 12.9. The highest BCUT2D eigenvalue weighted by molar-refractivity contribution is 8.18. The van der Waals surface area contributed by atoms with Crippen molar-refractivity contribution in [3.05, 3.63) is 70.4 Å². The molecule has 1 N–H and O–H groups in total. The van der Waals surface area contributed by atoms with Crippen molar-refractivity contribution in [2.45, 2.75) is 0 Å². The number of benzene rings is 2. The minimum absolute atomic E-state index is 0.0594. The quantitative estimate of drug-likeness (QED) is 0.867. The van der Waals surface area contributed by atoms with Gasteiger partial charge in [-0.25, -0.2) is 9.38 Å². The summed E-state index contributed by atoms with van der Waals surface area (Å²) in [6, 6.07) is 11.8. The van der Waals surface area contributed by atoms with E-state index in [-0.39, 0.29) is 28.1 Å². The predicted molar refractivity (Wildman–Crippen MR) is 88.0 cm³/mol. The SMILES string of the molecule is O=C1NC(=Nc2ccccc2C(=O)[O-])S/C1=C\c1ccc(F)cc1. The van der Waals surface area contributed by atoms with Crippen LogP contribution in [0.4, 0.5) is 10.1 Å². The molecule has 3 rings (SSSR count). The van der Waals surface area contributed by atoms with Gasteiger partial charge in [0.2, 0.25) is 0 Å². The zero-order valence-corrected chi connectivity index (χ0v) is 13.0. The van der Waals surface area contributed by atoms with E-state index in [0.717, 1.165) is 11.8 Å². The molecule has 0 aromatic heterocycles. The number of hydrogen-bond donors (Lipinski definition) is 1. The van der Waals surface area contributed by atoms with Crippen molar-refractivity contribution in [1.82, 2.24) is 5.32 Å². The lowest BCUT2D eigenvalue weighted by Crippen LogP contribution is -2.23. The number of rotatable bonds is 3. The standard InChI is InChI=1S/C17H11FN2O3S/c18-11-7-5-10(6-8-11)9-14-15(21)20-17(24-14)19-13-4-2-1-3-12(13)16(22)23/h1-9H,(H,22,23)(H,19,20,21)/p-1/b14-9-. The van der Waals surface area contributed by atoms with Crippen LogP contribution in [-0.2, 0) is 4.79 Å². The Morgan fingerprint density at radius 2 is 1.88 bits per heavy atom. The Bertz CT molecular complexity index is 876. The molecule has 0 atom stereocenters. The molecule has 0 unspecified atom stereocenters. The second-order valence-electron chi connectivity index (χ2n) is 4.84. The summed E-state index contributed by atoms with van der Waals surface area (Å²) < 4.78 is 12.9. The molecule has 5 nitrogen and oxygen atoms in total. The van der Waals surface area contributed by atoms with Crippen LogP contribution in [0.1, 0.15) is 15.9 Å². The van der Waals surface area contributed by atoms with Crippen LogP contribution in [0, 0.1) is 5.82 Å². The highest BCUT2D eigenvalue weighted by Crippen LogP contribution is 2.29. The van der Waals surface area contributed by atoms with Gasteiger partial charge in [0.25, 0.3) is 5.91 Å². The fraction of sp³-hybridized carbons (Fsp3) is 0. The van der Waals surface area contributed by atoms with E-state index in [4.69, 9.17) is 0 Å². The van der Waals surface area contributed by atoms with E-state index in [9.17, 15) is 19.1 Å². The van der Waals surface area contributed by atoms with Crippen molar-refractivity contribution in [3.8, 4) is 0 Å². The van der Waals surface area contributed by atoms with Crippen LogP contribution in [0.25, 0.3) is 6.08 Å². The average Bonchev–Trinajstić information content (AvgIpc) is 2.89. The molecule has 1 amide bonds. The number of carbonyl (C=O) groups excluding carboxylic acids is 2. The molecule has 1 heterocycles. The number of amidine groups is 1. The predicted octanol–water partition coefficient (Wildman–Crippen LogP) is 2.08. The third-order valence-electron chi connectivity index (χ3n) is 3.16. The van der Waals surface area contributed by atoms with E-state index < -0.39 is 5.97 Å². The van der Waals surface area contributed by atoms with Gasteiger partial charge in [0.1, 0.15) is 5.82 Å². The second kappa shape index (κ2) is 6.67. The fourth-order valence-corrected chi connectivity index (χ4v) is 2.88. The molecule has 24 heavy (non-hydrogen) atoms. The highest BCUT2D eigenvalue weighted by atomic mass is 32.2. The van der Waals surface area contributed by atoms with Gasteiger partial charge >= 0.3 is 0 Å². The van der Waals surface area contributed by atoms with E-state index in [1.807, 2.05) is 0 Å². The first-order valence-corrected chi connectivity index (χ1v) is 7.70. The Kier molecular flexibility index (Phi) is 4.43. The van der Waals surface area contributed by atoms with Gasteiger partial charge in [0.15, 0.2) is 5.17 Å². The summed E-state index contributed by atoms with van der Waals surface area (Å²) in [5, 5.41) is 13.9. The number of nitrogens with zero attached hydrogens (tertiary/aromatic N) is 1. The van der Waals surface area contributed by atoms with Crippen LogP contribution in [-0.4, -0.2) is 17.0 Å². The molecule has 0 saturated carbocycles. The number of para-hydroxylation sites is 1. The van der Waals surface area contributed by atoms with Crippen molar-refractivity contribution in [3.63, 3.8) is 0 Å². The summed E-state index contributed by atoms with van der Waals surface area (Å²) in [6.45, 7) is 0. The molecular formula is C17H10FN2O3S-. The third kappa shape index (κ3) is 3.52. The molecular weight excluding hydrogens is 331 g/mol. The number of aromatic carboxylic acids is 1. The number of amides is 1. The second-order valence-corrected chi connectivity index (χ2v) is 5.87. The first-order chi connectivity index (χ1) is 11.5. The Balaban J connectivity index is 1.87. The van der Waals surface area contributed by atoms with E-state index >= 15 is 0 Å². The Hall–Kier alpha value is -2.93. The number of carbonyl (C=O) groups is 2. The Morgan fingerprint density at radius 3 is 2.58 bits per heavy atom. The molecule has 1 aliphatic heterocycles. The van der Waals surface area contributed by atoms with Gasteiger partial charge < -0.3 is 15.2 Å². The molecule has 2 aromatic rings. The number of carboxylic acids is 1. The van der Waals surface area contributed by atoms with E-state index in [1.54, 1.807) is 30.3 Å². The summed E-state index contributed by atoms with van der Waals surface area (Å²) >= 11 is 1.08. The van der Waals surface area contributed by atoms with Gasteiger partial charge in [-0.15, -0.1) is 0 Å². The van der Waals surface area contributed by atoms with Crippen LogP contribution >= 0.6 is 11.8 Å². The van der Waals surface area contributed by atoms with E-state index in [0.29, 0.717) is 10.5 Å². The topological polar surface area (TPSA) is 81.6 Å². The maximum absolute atomic E-state index is 12.9. The molecule has 1 aliphatic rings. The first-order valence-electron chi connectivity index (χ1n) is 6.88. The molecule has 0 spiro atoms. The van der Waals surface area contributed by atoms with Gasteiger partial charge in [0.05, 0.1) is 16.6 Å². The molecule has 1 fully saturated rings. The lowest BCUT2D eigenvalue weighted by atomic mass is 10.2. The summed E-state index contributed by atoms with van der Waals surface area (Å²) in [5.41, 5.74) is 0.810. The average molecular weight is 341 g/mol. The molecule has 1 saturated heterocycles. The monoisotopic (exact) mass is 341 g/mol. The van der Waals surface area contributed by atoms with Gasteiger partial charge in [0, 0.05) is 5.56 Å². The highest BCUT2D eigenvalue weighted by Gasteiger charge is 2.24. The Morgan fingerprint density at radius 1 is 1.17 bits per heavy atom. The zero-order valence-electron chi connectivity index (χ0n) is 12.2. The number of aliphatic imine (C=N–C) groups is 1. The number of hydrogen-bond acceptors (Lipinski definition) is 5. The minimum atomic E-state index is -1.34. The molecule has 0 bridgehead atoms. The minimum Gasteiger partial charge on any atom is -0.545 e. The zero-order chi connectivity index (χ0) is 17.1. The molecule has 7 heteroatoms. The molecule has 0 radical (unpaired) electrons. The van der Waals surface area contributed by atoms with Gasteiger partial charge in [-0.05, 0) is 41.6 Å². The normalized spacial score (nSPS) is 17.3.